The van der Waals surface area contributed by atoms with Gasteiger partial charge in [-0.25, -0.2) is 4.39 Å². The molecule has 0 spiro atoms. The molecule has 2 aromatic rings. The number of aromatic amines is 1. The quantitative estimate of drug-likeness (QED) is 0.840. The van der Waals surface area contributed by atoms with E-state index in [-0.39, 0.29) is 16.1 Å². The minimum absolute atomic E-state index is 0.0168. The number of halogens is 3. The fraction of sp³-hybridized carbons (Fsp3) is 0.357. The fourth-order valence-electron chi connectivity index (χ4n) is 2.60. The Balaban J connectivity index is 1.74. The van der Waals surface area contributed by atoms with Gasteiger partial charge in [-0.15, -0.1) is 0 Å². The summed E-state index contributed by atoms with van der Waals surface area (Å²) in [5.41, 5.74) is 3.20. The van der Waals surface area contributed by atoms with Crippen molar-refractivity contribution in [3.63, 3.8) is 0 Å². The molecule has 1 atom stereocenters. The highest BCUT2D eigenvalue weighted by Crippen LogP contribution is 2.31. The van der Waals surface area contributed by atoms with Crippen LogP contribution in [0.4, 0.5) is 4.39 Å². The van der Waals surface area contributed by atoms with Crippen molar-refractivity contribution in [2.75, 3.05) is 0 Å². The van der Waals surface area contributed by atoms with Crippen LogP contribution in [0.3, 0.4) is 0 Å². The Bertz CT molecular complexity index is 627. The maximum absolute atomic E-state index is 13.3. The zero-order valence-corrected chi connectivity index (χ0v) is 12.2. The standard InChI is InChI=1S/C14H14Cl2FN3/c15-12-8(4-5-10(17)13(12)16)6-18-11-3-1-2-9-7-19-20-14(9)11/h4-5,7,11,18H,1-3,6H2,(H,19,20). The maximum atomic E-state index is 13.3. The lowest BCUT2D eigenvalue weighted by molar-refractivity contribution is 0.449. The van der Waals surface area contributed by atoms with Crippen LogP contribution < -0.4 is 5.32 Å². The first-order chi connectivity index (χ1) is 9.66. The van der Waals surface area contributed by atoms with E-state index < -0.39 is 5.82 Å². The summed E-state index contributed by atoms with van der Waals surface area (Å²) in [6, 6.07) is 3.22. The van der Waals surface area contributed by atoms with E-state index in [4.69, 9.17) is 23.2 Å². The highest BCUT2D eigenvalue weighted by molar-refractivity contribution is 6.42. The van der Waals surface area contributed by atoms with E-state index in [1.807, 2.05) is 6.20 Å². The first-order valence-electron chi connectivity index (χ1n) is 6.54. The molecule has 6 heteroatoms. The van der Waals surface area contributed by atoms with Crippen LogP contribution >= 0.6 is 23.2 Å². The minimum atomic E-state index is -0.492. The Labute approximate surface area is 126 Å². The highest BCUT2D eigenvalue weighted by Gasteiger charge is 2.22. The smallest absolute Gasteiger partial charge is 0.143 e. The molecule has 0 aliphatic heterocycles. The van der Waals surface area contributed by atoms with E-state index in [1.54, 1.807) is 6.07 Å². The first kappa shape index (κ1) is 13.9. The third kappa shape index (κ3) is 2.55. The summed E-state index contributed by atoms with van der Waals surface area (Å²) in [7, 11) is 0. The minimum Gasteiger partial charge on any atom is -0.304 e. The van der Waals surface area contributed by atoms with Crippen LogP contribution in [0.2, 0.25) is 10.0 Å². The lowest BCUT2D eigenvalue weighted by atomic mass is 9.93. The number of hydrogen-bond donors (Lipinski definition) is 2. The molecule has 0 bridgehead atoms. The van der Waals surface area contributed by atoms with E-state index in [9.17, 15) is 4.39 Å². The van der Waals surface area contributed by atoms with Crippen molar-refractivity contribution in [1.82, 2.24) is 15.5 Å². The van der Waals surface area contributed by atoms with Crippen molar-refractivity contribution in [1.29, 1.82) is 0 Å². The van der Waals surface area contributed by atoms with Crippen LogP contribution in [-0.4, -0.2) is 10.2 Å². The van der Waals surface area contributed by atoms with Gasteiger partial charge in [0.2, 0.25) is 0 Å². The van der Waals surface area contributed by atoms with E-state index in [0.717, 1.165) is 30.5 Å². The summed E-state index contributed by atoms with van der Waals surface area (Å²) in [6.45, 7) is 0.544. The van der Waals surface area contributed by atoms with Crippen LogP contribution in [0.15, 0.2) is 18.3 Å². The number of fused-ring (bicyclic) bond motifs is 1. The summed E-state index contributed by atoms with van der Waals surface area (Å²) in [5.74, 6) is -0.492. The largest absolute Gasteiger partial charge is 0.304 e. The Hall–Kier alpha value is -1.10. The van der Waals surface area contributed by atoms with Gasteiger partial charge in [-0.2, -0.15) is 5.10 Å². The molecular formula is C14H14Cl2FN3. The molecule has 20 heavy (non-hydrogen) atoms. The lowest BCUT2D eigenvalue weighted by Gasteiger charge is -2.23. The molecule has 3 rings (SSSR count). The number of nitrogens with one attached hydrogen (secondary N) is 2. The van der Waals surface area contributed by atoms with Gasteiger partial charge in [0.1, 0.15) is 5.82 Å². The van der Waals surface area contributed by atoms with Gasteiger partial charge in [0, 0.05) is 12.6 Å². The Morgan fingerprint density at radius 2 is 2.20 bits per heavy atom. The van der Waals surface area contributed by atoms with Gasteiger partial charge in [0.15, 0.2) is 0 Å². The molecule has 1 aromatic carbocycles. The molecule has 1 aromatic heterocycles. The van der Waals surface area contributed by atoms with Crippen molar-refractivity contribution >= 4 is 23.2 Å². The topological polar surface area (TPSA) is 40.7 Å². The fourth-order valence-corrected chi connectivity index (χ4v) is 3.01. The van der Waals surface area contributed by atoms with Crippen LogP contribution in [-0.2, 0) is 13.0 Å². The van der Waals surface area contributed by atoms with Crippen molar-refractivity contribution in [3.05, 3.63) is 51.0 Å². The Morgan fingerprint density at radius 1 is 1.35 bits per heavy atom. The molecule has 0 radical (unpaired) electrons. The first-order valence-corrected chi connectivity index (χ1v) is 7.30. The maximum Gasteiger partial charge on any atom is 0.143 e. The van der Waals surface area contributed by atoms with Crippen LogP contribution in [0.25, 0.3) is 0 Å². The van der Waals surface area contributed by atoms with Crippen molar-refractivity contribution in [3.8, 4) is 0 Å². The van der Waals surface area contributed by atoms with E-state index >= 15 is 0 Å². The number of aryl methyl sites for hydroxylation is 1. The Kier molecular flexibility index (Phi) is 3.96. The van der Waals surface area contributed by atoms with E-state index in [2.05, 4.69) is 15.5 Å². The molecule has 1 heterocycles. The van der Waals surface area contributed by atoms with Crippen molar-refractivity contribution in [2.24, 2.45) is 0 Å². The number of rotatable bonds is 3. The molecule has 0 saturated heterocycles. The second-order valence-electron chi connectivity index (χ2n) is 4.97. The van der Waals surface area contributed by atoms with Gasteiger partial charge in [0.05, 0.1) is 21.9 Å². The Morgan fingerprint density at radius 3 is 3.05 bits per heavy atom. The van der Waals surface area contributed by atoms with Gasteiger partial charge < -0.3 is 5.32 Å². The summed E-state index contributed by atoms with van der Waals surface area (Å²) in [5, 5.41) is 10.8. The zero-order chi connectivity index (χ0) is 14.1. The second-order valence-corrected chi connectivity index (χ2v) is 5.73. The van der Waals surface area contributed by atoms with E-state index in [0.29, 0.717) is 6.54 Å². The normalized spacial score (nSPS) is 18.1. The average molecular weight is 314 g/mol. The number of H-pyrrole nitrogens is 1. The molecule has 1 aliphatic rings. The van der Waals surface area contributed by atoms with Crippen LogP contribution in [0, 0.1) is 5.82 Å². The number of hydrogen-bond acceptors (Lipinski definition) is 2. The number of aromatic nitrogens is 2. The van der Waals surface area contributed by atoms with Crippen LogP contribution in [0.1, 0.15) is 35.7 Å². The van der Waals surface area contributed by atoms with Gasteiger partial charge in [-0.3, -0.25) is 5.10 Å². The molecule has 0 fully saturated rings. The van der Waals surface area contributed by atoms with Crippen molar-refractivity contribution < 1.29 is 4.39 Å². The number of benzene rings is 1. The van der Waals surface area contributed by atoms with Gasteiger partial charge in [-0.1, -0.05) is 29.3 Å². The SMILES string of the molecule is Fc1ccc(CNC2CCCc3cn[nH]c32)c(Cl)c1Cl. The average Bonchev–Trinajstić information content (AvgIpc) is 2.93. The van der Waals surface area contributed by atoms with Gasteiger partial charge in [-0.05, 0) is 36.5 Å². The highest BCUT2D eigenvalue weighted by atomic mass is 35.5. The monoisotopic (exact) mass is 313 g/mol. The van der Waals surface area contributed by atoms with Crippen molar-refractivity contribution in [2.45, 2.75) is 31.8 Å². The second kappa shape index (κ2) is 5.72. The third-order valence-corrected chi connectivity index (χ3v) is 4.59. The molecule has 0 amide bonds. The predicted octanol–water partition coefficient (Wildman–Crippen LogP) is 4.02. The van der Waals surface area contributed by atoms with Crippen LogP contribution in [0.5, 0.6) is 0 Å². The van der Waals surface area contributed by atoms with Gasteiger partial charge in [0.25, 0.3) is 0 Å². The summed E-state index contributed by atoms with van der Waals surface area (Å²) < 4.78 is 13.3. The molecule has 106 valence electrons. The van der Waals surface area contributed by atoms with Gasteiger partial charge >= 0.3 is 0 Å². The molecule has 3 nitrogen and oxygen atoms in total. The molecule has 1 aliphatic carbocycles. The molecule has 1 unspecified atom stereocenters. The molecule has 2 N–H and O–H groups in total. The number of nitrogens with zero attached hydrogens (tertiary/aromatic N) is 1. The summed E-state index contributed by atoms with van der Waals surface area (Å²) in [4.78, 5) is 0. The summed E-state index contributed by atoms with van der Waals surface area (Å²) >= 11 is 11.9. The summed E-state index contributed by atoms with van der Waals surface area (Å²) in [6.07, 6.45) is 5.11. The molecular weight excluding hydrogens is 300 g/mol. The molecule has 0 saturated carbocycles. The van der Waals surface area contributed by atoms with E-state index in [1.165, 1.54) is 11.6 Å². The zero-order valence-electron chi connectivity index (χ0n) is 10.7. The predicted molar refractivity (Wildman–Crippen MR) is 77.5 cm³/mol. The lowest BCUT2D eigenvalue weighted by Crippen LogP contribution is -2.25. The third-order valence-electron chi connectivity index (χ3n) is 3.69.